The molecule has 0 unspecified atom stereocenters. The molecule has 0 aliphatic heterocycles. The van der Waals surface area contributed by atoms with E-state index in [2.05, 4.69) is 18.8 Å². The summed E-state index contributed by atoms with van der Waals surface area (Å²) in [6.45, 7) is 5.19. The molecule has 0 aromatic heterocycles. The van der Waals surface area contributed by atoms with Crippen molar-refractivity contribution in [3.05, 3.63) is 65.7 Å². The summed E-state index contributed by atoms with van der Waals surface area (Å²) in [5.74, 6) is 1.11. The maximum Gasteiger partial charge on any atom is 0.155 e. The van der Waals surface area contributed by atoms with Crippen molar-refractivity contribution in [3.63, 3.8) is 0 Å². The molecule has 0 heterocycles. The van der Waals surface area contributed by atoms with Crippen molar-refractivity contribution < 1.29 is 9.53 Å². The number of ether oxygens (including phenoxy) is 1. The molecule has 0 aliphatic carbocycles. The summed E-state index contributed by atoms with van der Waals surface area (Å²) in [6.07, 6.45) is 19.8. The van der Waals surface area contributed by atoms with Crippen LogP contribution in [0.2, 0.25) is 0 Å². The van der Waals surface area contributed by atoms with Crippen LogP contribution in [-0.2, 0) is 4.79 Å². The van der Waals surface area contributed by atoms with Gasteiger partial charge in [0.15, 0.2) is 5.78 Å². The minimum Gasteiger partial charge on any atom is -0.494 e. The first-order chi connectivity index (χ1) is 16.7. The Morgan fingerprint density at radius 3 is 2.00 bits per heavy atom. The van der Waals surface area contributed by atoms with Crippen LogP contribution in [0.3, 0.4) is 0 Å². The largest absolute Gasteiger partial charge is 0.494 e. The number of aliphatic imine (C=N–C) groups is 1. The third kappa shape index (κ3) is 12.5. The van der Waals surface area contributed by atoms with Crippen LogP contribution < -0.4 is 4.74 Å². The van der Waals surface area contributed by atoms with Gasteiger partial charge >= 0.3 is 0 Å². The highest BCUT2D eigenvalue weighted by molar-refractivity contribution is 5.93. The lowest BCUT2D eigenvalue weighted by molar-refractivity contribution is -0.114. The Hall–Kier alpha value is -2.68. The molecule has 0 bridgehead atoms. The fraction of sp³-hybridized carbons (Fsp3) is 0.484. The zero-order valence-electron chi connectivity index (χ0n) is 21.3. The Bertz CT molecular complexity index is 850. The van der Waals surface area contributed by atoms with Crippen molar-refractivity contribution in [2.75, 3.05) is 6.61 Å². The summed E-state index contributed by atoms with van der Waals surface area (Å²) in [5, 5.41) is 0. The number of hydrogen-bond acceptors (Lipinski definition) is 3. The second kappa shape index (κ2) is 17.8. The number of ketones is 1. The number of benzene rings is 2. The van der Waals surface area contributed by atoms with Crippen molar-refractivity contribution in [1.82, 2.24) is 0 Å². The van der Waals surface area contributed by atoms with E-state index in [1.165, 1.54) is 44.9 Å². The molecule has 2 rings (SSSR count). The monoisotopic (exact) mass is 461 g/mol. The van der Waals surface area contributed by atoms with Crippen molar-refractivity contribution in [1.29, 1.82) is 0 Å². The number of carbonyl (C=O) groups excluding carboxylic acids is 1. The van der Waals surface area contributed by atoms with Crippen molar-refractivity contribution in [2.45, 2.75) is 90.9 Å². The van der Waals surface area contributed by atoms with E-state index in [0.29, 0.717) is 6.42 Å². The van der Waals surface area contributed by atoms with Crippen LogP contribution in [0, 0.1) is 0 Å². The highest BCUT2D eigenvalue weighted by Gasteiger charge is 1.98. The molecular formula is C31H43NO2. The van der Waals surface area contributed by atoms with Gasteiger partial charge in [-0.3, -0.25) is 9.79 Å². The summed E-state index contributed by atoms with van der Waals surface area (Å²) in [5.41, 5.74) is 2.95. The molecule has 2 aromatic rings. The van der Waals surface area contributed by atoms with Crippen LogP contribution in [0.15, 0.2) is 59.6 Å². The minimum absolute atomic E-state index is 0.195. The van der Waals surface area contributed by atoms with Gasteiger partial charge in [0.1, 0.15) is 5.75 Å². The van der Waals surface area contributed by atoms with E-state index in [1.54, 1.807) is 6.08 Å². The van der Waals surface area contributed by atoms with Crippen LogP contribution in [-0.4, -0.2) is 18.6 Å². The molecule has 34 heavy (non-hydrogen) atoms. The van der Waals surface area contributed by atoms with Crippen LogP contribution in [0.25, 0.3) is 6.08 Å². The van der Waals surface area contributed by atoms with Gasteiger partial charge in [0.25, 0.3) is 0 Å². The Morgan fingerprint density at radius 1 is 0.735 bits per heavy atom. The molecule has 3 heteroatoms. The maximum atomic E-state index is 11.9. The molecule has 0 N–H and O–H groups in total. The van der Waals surface area contributed by atoms with Gasteiger partial charge in [0, 0.05) is 12.6 Å². The quantitative estimate of drug-likeness (QED) is 0.126. The first kappa shape index (κ1) is 27.6. The molecule has 0 atom stereocenters. The smallest absolute Gasteiger partial charge is 0.155 e. The first-order valence-corrected chi connectivity index (χ1v) is 13.3. The number of carbonyl (C=O) groups is 1. The highest BCUT2D eigenvalue weighted by Crippen LogP contribution is 2.16. The maximum absolute atomic E-state index is 11.9. The van der Waals surface area contributed by atoms with Gasteiger partial charge in [-0.15, -0.1) is 0 Å². The molecule has 2 aromatic carbocycles. The standard InChI is InChI=1S/C31H43NO2/c1-3-5-7-8-9-10-11-13-25-34-31-23-18-28(19-24-31)26-32-29-20-15-27(16-21-29)17-22-30(33)14-12-6-4-2/h15-24,26H,3-14,25H2,1-2H3. The molecule has 0 fully saturated rings. The molecule has 0 spiro atoms. The third-order valence-electron chi connectivity index (χ3n) is 5.89. The van der Waals surface area contributed by atoms with Crippen molar-refractivity contribution >= 4 is 23.8 Å². The molecule has 184 valence electrons. The lowest BCUT2D eigenvalue weighted by atomic mass is 10.1. The van der Waals surface area contributed by atoms with Gasteiger partial charge in [0.05, 0.1) is 12.3 Å². The van der Waals surface area contributed by atoms with Gasteiger partial charge < -0.3 is 4.74 Å². The predicted molar refractivity (Wildman–Crippen MR) is 146 cm³/mol. The van der Waals surface area contributed by atoms with Gasteiger partial charge in [-0.2, -0.15) is 0 Å². The van der Waals surface area contributed by atoms with E-state index in [1.807, 2.05) is 60.8 Å². The summed E-state index contributed by atoms with van der Waals surface area (Å²) >= 11 is 0. The fourth-order valence-corrected chi connectivity index (χ4v) is 3.72. The van der Waals surface area contributed by atoms with Crippen LogP contribution >= 0.6 is 0 Å². The lowest BCUT2D eigenvalue weighted by Crippen LogP contribution is -1.97. The number of allylic oxidation sites excluding steroid dienone is 1. The van der Waals surface area contributed by atoms with E-state index < -0.39 is 0 Å². The molecule has 0 aliphatic rings. The zero-order valence-corrected chi connectivity index (χ0v) is 21.3. The van der Waals surface area contributed by atoms with E-state index in [4.69, 9.17) is 4.74 Å². The minimum atomic E-state index is 0.195. The number of hydrogen-bond donors (Lipinski definition) is 0. The van der Waals surface area contributed by atoms with Crippen LogP contribution in [0.5, 0.6) is 5.75 Å². The molecule has 0 saturated carbocycles. The zero-order chi connectivity index (χ0) is 24.3. The Labute approximate surface area is 207 Å². The normalized spacial score (nSPS) is 11.5. The topological polar surface area (TPSA) is 38.7 Å². The van der Waals surface area contributed by atoms with Crippen molar-refractivity contribution in [2.24, 2.45) is 4.99 Å². The lowest BCUT2D eigenvalue weighted by Gasteiger charge is -2.06. The fourth-order valence-electron chi connectivity index (χ4n) is 3.72. The second-order valence-electron chi connectivity index (χ2n) is 9.00. The number of rotatable bonds is 18. The van der Waals surface area contributed by atoms with Gasteiger partial charge in [-0.05, 0) is 66.4 Å². The van der Waals surface area contributed by atoms with Crippen LogP contribution in [0.4, 0.5) is 5.69 Å². The van der Waals surface area contributed by atoms with E-state index in [-0.39, 0.29) is 5.78 Å². The number of unbranched alkanes of at least 4 members (excludes halogenated alkanes) is 9. The van der Waals surface area contributed by atoms with E-state index in [0.717, 1.165) is 54.9 Å². The second-order valence-corrected chi connectivity index (χ2v) is 9.00. The summed E-state index contributed by atoms with van der Waals surface area (Å²) in [6, 6.07) is 16.0. The molecule has 0 saturated heterocycles. The average molecular weight is 462 g/mol. The molecule has 3 nitrogen and oxygen atoms in total. The van der Waals surface area contributed by atoms with Gasteiger partial charge in [0.2, 0.25) is 0 Å². The van der Waals surface area contributed by atoms with Crippen molar-refractivity contribution in [3.8, 4) is 5.75 Å². The Kier molecular flexibility index (Phi) is 14.4. The Morgan fingerprint density at radius 2 is 1.32 bits per heavy atom. The number of nitrogens with zero attached hydrogens (tertiary/aromatic N) is 1. The summed E-state index contributed by atoms with van der Waals surface area (Å²) in [7, 11) is 0. The predicted octanol–water partition coefficient (Wildman–Crippen LogP) is 9.12. The molecular weight excluding hydrogens is 418 g/mol. The highest BCUT2D eigenvalue weighted by atomic mass is 16.5. The van der Waals surface area contributed by atoms with Gasteiger partial charge in [-0.25, -0.2) is 0 Å². The summed E-state index contributed by atoms with van der Waals surface area (Å²) in [4.78, 5) is 16.4. The van der Waals surface area contributed by atoms with E-state index >= 15 is 0 Å². The molecule has 0 amide bonds. The summed E-state index contributed by atoms with van der Waals surface area (Å²) < 4.78 is 5.87. The SMILES string of the molecule is CCCCCCCCCCOc1ccc(C=Nc2ccc(C=CC(=O)CCCCC)cc2)cc1. The van der Waals surface area contributed by atoms with Crippen LogP contribution in [0.1, 0.15) is 102 Å². The average Bonchev–Trinajstić information content (AvgIpc) is 2.87. The third-order valence-corrected chi connectivity index (χ3v) is 5.89. The van der Waals surface area contributed by atoms with E-state index in [9.17, 15) is 4.79 Å². The van der Waals surface area contributed by atoms with Gasteiger partial charge in [-0.1, -0.05) is 89.8 Å². The first-order valence-electron chi connectivity index (χ1n) is 13.3. The Balaban J connectivity index is 1.68. The molecule has 0 radical (unpaired) electrons.